The summed E-state index contributed by atoms with van der Waals surface area (Å²) in [6.07, 6.45) is 0. The highest BCUT2D eigenvalue weighted by Gasteiger charge is 2.37. The largest absolute Gasteiger partial charge is 0.506 e. The summed E-state index contributed by atoms with van der Waals surface area (Å²) in [5.74, 6) is -4.13. The lowest BCUT2D eigenvalue weighted by Crippen LogP contribution is -2.29. The minimum Gasteiger partial charge on any atom is -0.506 e. The minimum atomic E-state index is -1.24. The number of anilines is 2. The fraction of sp³-hybridized carbons (Fsp3) is 0. The molecule has 3 aromatic carbocycles. The lowest BCUT2D eigenvalue weighted by molar-refractivity contribution is 0.0695. The molecule has 4 rings (SSSR count). The van der Waals surface area contributed by atoms with E-state index in [9.17, 15) is 28.7 Å². The van der Waals surface area contributed by atoms with Gasteiger partial charge in [0, 0.05) is 5.56 Å². The molecule has 0 radical (unpaired) electrons. The highest BCUT2D eigenvalue weighted by atomic mass is 19.1. The molecule has 0 bridgehead atoms. The van der Waals surface area contributed by atoms with Crippen LogP contribution < -0.4 is 10.2 Å². The first-order chi connectivity index (χ1) is 14.8. The van der Waals surface area contributed by atoms with Crippen molar-refractivity contribution >= 4 is 35.1 Å². The van der Waals surface area contributed by atoms with Crippen LogP contribution in [0, 0.1) is 5.82 Å². The highest BCUT2D eigenvalue weighted by Crippen LogP contribution is 2.30. The third kappa shape index (κ3) is 3.48. The van der Waals surface area contributed by atoms with E-state index in [2.05, 4.69) is 5.32 Å². The third-order valence-electron chi connectivity index (χ3n) is 4.73. The van der Waals surface area contributed by atoms with Gasteiger partial charge in [-0.05, 0) is 60.7 Å². The Bertz CT molecular complexity index is 1270. The Kier molecular flexibility index (Phi) is 4.70. The number of hydrogen-bond donors (Lipinski definition) is 3. The van der Waals surface area contributed by atoms with Crippen LogP contribution in [0.5, 0.6) is 5.75 Å². The molecule has 1 aliphatic rings. The Morgan fingerprint density at radius 1 is 0.839 bits per heavy atom. The zero-order valence-corrected chi connectivity index (χ0v) is 15.6. The lowest BCUT2D eigenvalue weighted by atomic mass is 10.1. The molecule has 3 aromatic rings. The molecule has 0 unspecified atom stereocenters. The van der Waals surface area contributed by atoms with E-state index in [1.54, 1.807) is 0 Å². The van der Waals surface area contributed by atoms with Crippen molar-refractivity contribution in [1.29, 1.82) is 0 Å². The van der Waals surface area contributed by atoms with E-state index in [1.807, 2.05) is 0 Å². The van der Waals surface area contributed by atoms with Crippen LogP contribution in [-0.4, -0.2) is 33.9 Å². The van der Waals surface area contributed by atoms with Gasteiger partial charge in [-0.1, -0.05) is 0 Å². The first kappa shape index (κ1) is 19.8. The number of nitrogens with zero attached hydrogens (tertiary/aromatic N) is 1. The molecule has 0 aliphatic carbocycles. The summed E-state index contributed by atoms with van der Waals surface area (Å²) in [5.41, 5.74) is 0.167. The van der Waals surface area contributed by atoms with Gasteiger partial charge in [0.05, 0.1) is 28.1 Å². The van der Waals surface area contributed by atoms with Crippen LogP contribution in [0.15, 0.2) is 60.7 Å². The monoisotopic (exact) mass is 420 g/mol. The van der Waals surface area contributed by atoms with Crippen LogP contribution in [0.3, 0.4) is 0 Å². The fourth-order valence-electron chi connectivity index (χ4n) is 3.17. The third-order valence-corrected chi connectivity index (χ3v) is 4.73. The molecule has 0 saturated heterocycles. The second kappa shape index (κ2) is 7.38. The Labute approximate surface area is 174 Å². The zero-order valence-electron chi connectivity index (χ0n) is 15.6. The van der Waals surface area contributed by atoms with Crippen LogP contribution in [0.4, 0.5) is 15.8 Å². The number of benzene rings is 3. The van der Waals surface area contributed by atoms with Crippen molar-refractivity contribution in [2.75, 3.05) is 10.2 Å². The smallest absolute Gasteiger partial charge is 0.335 e. The molecule has 9 heteroatoms. The standard InChI is InChI=1S/C22H13FN2O6/c23-13-3-5-14(6-4-13)25-20(28)15-7-1-11(9-16(15)21(25)29)19(27)24-17-8-2-12(22(30)31)10-18(17)26/h1-10,26H,(H,24,27)(H,30,31). The number of halogens is 1. The number of rotatable bonds is 4. The number of amides is 3. The van der Waals surface area contributed by atoms with Gasteiger partial charge in [-0.25, -0.2) is 14.1 Å². The predicted octanol–water partition coefficient (Wildman–Crippen LogP) is 3.28. The molecule has 1 heterocycles. The molecule has 0 fully saturated rings. The highest BCUT2D eigenvalue weighted by molar-refractivity contribution is 6.34. The van der Waals surface area contributed by atoms with Crippen LogP contribution in [-0.2, 0) is 0 Å². The summed E-state index contributed by atoms with van der Waals surface area (Å²) in [6.45, 7) is 0. The normalized spacial score (nSPS) is 12.6. The number of phenolic OH excluding ortho intramolecular Hbond substituents is 1. The van der Waals surface area contributed by atoms with E-state index >= 15 is 0 Å². The number of nitrogens with one attached hydrogen (secondary N) is 1. The zero-order chi connectivity index (χ0) is 22.3. The number of hydrogen-bond acceptors (Lipinski definition) is 5. The van der Waals surface area contributed by atoms with E-state index < -0.39 is 35.3 Å². The minimum absolute atomic E-state index is 0.00687. The number of phenols is 1. The number of aromatic hydroxyl groups is 1. The summed E-state index contributed by atoms with van der Waals surface area (Å²) < 4.78 is 13.2. The number of imide groups is 1. The van der Waals surface area contributed by atoms with Gasteiger partial charge in [0.25, 0.3) is 17.7 Å². The van der Waals surface area contributed by atoms with Gasteiger partial charge in [0.1, 0.15) is 11.6 Å². The van der Waals surface area contributed by atoms with Crippen molar-refractivity contribution in [3.8, 4) is 5.75 Å². The summed E-state index contributed by atoms with van der Waals surface area (Å²) >= 11 is 0. The first-order valence-electron chi connectivity index (χ1n) is 8.92. The van der Waals surface area contributed by atoms with Crippen molar-refractivity contribution < 1.29 is 33.8 Å². The number of carbonyl (C=O) groups excluding carboxylic acids is 3. The number of carboxylic acids is 1. The van der Waals surface area contributed by atoms with E-state index in [0.717, 1.165) is 23.1 Å². The molecule has 8 nitrogen and oxygen atoms in total. The van der Waals surface area contributed by atoms with Crippen molar-refractivity contribution in [1.82, 2.24) is 0 Å². The van der Waals surface area contributed by atoms with Gasteiger partial charge >= 0.3 is 5.97 Å². The summed E-state index contributed by atoms with van der Waals surface area (Å²) in [4.78, 5) is 49.8. The Hall–Kier alpha value is -4.53. The molecule has 0 aromatic heterocycles. The molecule has 3 amide bonds. The molecule has 0 saturated carbocycles. The lowest BCUT2D eigenvalue weighted by Gasteiger charge is -2.13. The maximum Gasteiger partial charge on any atom is 0.335 e. The van der Waals surface area contributed by atoms with Gasteiger partial charge in [-0.2, -0.15) is 0 Å². The average Bonchev–Trinajstić information content (AvgIpc) is 3.00. The molecular weight excluding hydrogens is 407 g/mol. The van der Waals surface area contributed by atoms with Crippen molar-refractivity contribution in [3.05, 3.63) is 88.7 Å². The van der Waals surface area contributed by atoms with Gasteiger partial charge in [-0.3, -0.25) is 14.4 Å². The number of fused-ring (bicyclic) bond motifs is 1. The topological polar surface area (TPSA) is 124 Å². The molecule has 0 spiro atoms. The Morgan fingerprint density at radius 2 is 1.48 bits per heavy atom. The molecule has 31 heavy (non-hydrogen) atoms. The summed E-state index contributed by atoms with van der Waals surface area (Å²) in [5, 5.41) is 21.3. The quantitative estimate of drug-likeness (QED) is 0.440. The summed E-state index contributed by atoms with van der Waals surface area (Å²) in [7, 11) is 0. The Morgan fingerprint density at radius 3 is 2.13 bits per heavy atom. The molecule has 3 N–H and O–H groups in total. The van der Waals surface area contributed by atoms with E-state index in [0.29, 0.717) is 0 Å². The molecular formula is C22H13FN2O6. The van der Waals surface area contributed by atoms with Gasteiger partial charge in [0.15, 0.2) is 0 Å². The second-order valence-corrected chi connectivity index (χ2v) is 6.67. The van der Waals surface area contributed by atoms with Crippen LogP contribution in [0.25, 0.3) is 0 Å². The molecule has 154 valence electrons. The fourth-order valence-corrected chi connectivity index (χ4v) is 3.17. The average molecular weight is 420 g/mol. The van der Waals surface area contributed by atoms with E-state index in [1.165, 1.54) is 42.5 Å². The second-order valence-electron chi connectivity index (χ2n) is 6.67. The van der Waals surface area contributed by atoms with Crippen LogP contribution in [0.1, 0.15) is 41.4 Å². The number of aromatic carboxylic acids is 1. The van der Waals surface area contributed by atoms with Crippen molar-refractivity contribution in [2.45, 2.75) is 0 Å². The van der Waals surface area contributed by atoms with Gasteiger partial charge in [-0.15, -0.1) is 0 Å². The molecule has 1 aliphatic heterocycles. The Balaban J connectivity index is 1.60. The predicted molar refractivity (Wildman–Crippen MR) is 107 cm³/mol. The van der Waals surface area contributed by atoms with Crippen LogP contribution >= 0.6 is 0 Å². The number of carbonyl (C=O) groups is 4. The van der Waals surface area contributed by atoms with Crippen molar-refractivity contribution in [2.24, 2.45) is 0 Å². The maximum absolute atomic E-state index is 13.2. The van der Waals surface area contributed by atoms with E-state index in [4.69, 9.17) is 5.11 Å². The maximum atomic E-state index is 13.2. The van der Waals surface area contributed by atoms with Crippen molar-refractivity contribution in [3.63, 3.8) is 0 Å². The van der Waals surface area contributed by atoms with Crippen LogP contribution in [0.2, 0.25) is 0 Å². The SMILES string of the molecule is O=C(O)c1ccc(NC(=O)c2ccc3c(c2)C(=O)N(c2ccc(F)cc2)C3=O)c(O)c1. The first-order valence-corrected chi connectivity index (χ1v) is 8.92. The summed E-state index contributed by atoms with van der Waals surface area (Å²) in [6, 6.07) is 12.2. The van der Waals surface area contributed by atoms with Gasteiger partial charge < -0.3 is 15.5 Å². The number of carboxylic acid groups (broad SMARTS) is 1. The van der Waals surface area contributed by atoms with Gasteiger partial charge in [0.2, 0.25) is 0 Å². The van der Waals surface area contributed by atoms with E-state index in [-0.39, 0.29) is 33.6 Å². The molecule has 0 atom stereocenters.